The fourth-order valence-corrected chi connectivity index (χ4v) is 3.87. The molecular weight excluding hydrogens is 328 g/mol. The van der Waals surface area contributed by atoms with Crippen LogP contribution in [0.2, 0.25) is 0 Å². The smallest absolute Gasteiger partial charge is 0.303 e. The summed E-state index contributed by atoms with van der Waals surface area (Å²) in [5.41, 5.74) is 2.98. The maximum absolute atomic E-state index is 12.7. The Bertz CT molecular complexity index is 1090. The number of rotatable bonds is 2. The molecule has 2 aliphatic rings. The number of nitrogens with one attached hydrogen (secondary N) is 1. The van der Waals surface area contributed by atoms with Crippen LogP contribution < -0.4 is 5.69 Å². The van der Waals surface area contributed by atoms with E-state index in [4.69, 9.17) is 4.98 Å². The first kappa shape index (κ1) is 15.2. The number of nitrogens with zero attached hydrogens (tertiary/aromatic N) is 5. The van der Waals surface area contributed by atoms with E-state index >= 15 is 0 Å². The number of imidazole rings is 1. The lowest BCUT2D eigenvalue weighted by molar-refractivity contribution is 0.467. The Morgan fingerprint density at radius 1 is 1.15 bits per heavy atom. The van der Waals surface area contributed by atoms with Crippen LogP contribution in [0, 0.1) is 0 Å². The normalized spacial score (nSPS) is 21.8. The predicted molar refractivity (Wildman–Crippen MR) is 96.9 cm³/mol. The van der Waals surface area contributed by atoms with Crippen molar-refractivity contribution >= 4 is 11.2 Å². The zero-order valence-corrected chi connectivity index (χ0v) is 14.2. The predicted octanol–water partition coefficient (Wildman–Crippen LogP) is 2.44. The van der Waals surface area contributed by atoms with Gasteiger partial charge in [0.25, 0.3) is 0 Å². The Morgan fingerprint density at radius 2 is 2.08 bits per heavy atom. The topological polar surface area (TPSA) is 89.4 Å². The van der Waals surface area contributed by atoms with E-state index in [2.05, 4.69) is 32.1 Å². The molecule has 0 saturated heterocycles. The molecule has 0 aliphatic heterocycles. The van der Waals surface area contributed by atoms with Crippen molar-refractivity contribution in [3.05, 3.63) is 70.6 Å². The van der Waals surface area contributed by atoms with E-state index in [1.54, 1.807) is 23.2 Å². The van der Waals surface area contributed by atoms with Crippen LogP contribution in [0.1, 0.15) is 48.4 Å². The van der Waals surface area contributed by atoms with Gasteiger partial charge in [-0.1, -0.05) is 24.3 Å². The maximum atomic E-state index is 12.7. The zero-order chi connectivity index (χ0) is 17.5. The molecule has 130 valence electrons. The first-order valence-corrected chi connectivity index (χ1v) is 8.91. The standard InChI is InChI=1S/C19H18N6O/c26-19-23-14-11-22-17(12-5-2-1-3-6-12)24-18(14)25(19)15-8-4-7-13-16(15)21-10-9-20-13/h1-3,5,9-12,15H,4,6-8H2,(H,23,26)/t12?,15-/m1/s1. The molecular formula is C19H18N6O. The van der Waals surface area contributed by atoms with E-state index in [0.717, 1.165) is 42.9 Å². The third-order valence-corrected chi connectivity index (χ3v) is 5.11. The minimum absolute atomic E-state index is 0.140. The van der Waals surface area contributed by atoms with Gasteiger partial charge in [-0.15, -0.1) is 0 Å². The summed E-state index contributed by atoms with van der Waals surface area (Å²) < 4.78 is 1.73. The Balaban J connectivity index is 1.66. The van der Waals surface area contributed by atoms with Crippen LogP contribution >= 0.6 is 0 Å². The molecule has 7 nitrogen and oxygen atoms in total. The molecule has 0 amide bonds. The largest absolute Gasteiger partial charge is 0.328 e. The second-order valence-corrected chi connectivity index (χ2v) is 6.72. The Labute approximate surface area is 149 Å². The highest BCUT2D eigenvalue weighted by molar-refractivity contribution is 5.70. The molecule has 1 unspecified atom stereocenters. The molecule has 1 N–H and O–H groups in total. The van der Waals surface area contributed by atoms with Gasteiger partial charge >= 0.3 is 5.69 Å². The molecule has 2 atom stereocenters. The van der Waals surface area contributed by atoms with E-state index in [0.29, 0.717) is 11.2 Å². The van der Waals surface area contributed by atoms with Gasteiger partial charge in [0.05, 0.1) is 23.6 Å². The number of allylic oxidation sites excluding steroid dienone is 4. The summed E-state index contributed by atoms with van der Waals surface area (Å²) in [5, 5.41) is 0. The molecule has 0 spiro atoms. The third-order valence-electron chi connectivity index (χ3n) is 5.11. The van der Waals surface area contributed by atoms with Crippen molar-refractivity contribution in [2.45, 2.75) is 37.6 Å². The molecule has 0 radical (unpaired) electrons. The summed E-state index contributed by atoms with van der Waals surface area (Å²) in [6.45, 7) is 0. The number of aromatic nitrogens is 6. The maximum Gasteiger partial charge on any atom is 0.328 e. The highest BCUT2D eigenvalue weighted by Gasteiger charge is 2.28. The van der Waals surface area contributed by atoms with Crippen molar-refractivity contribution in [3.63, 3.8) is 0 Å². The fourth-order valence-electron chi connectivity index (χ4n) is 3.87. The van der Waals surface area contributed by atoms with Crippen LogP contribution in [0.5, 0.6) is 0 Å². The van der Waals surface area contributed by atoms with Crippen LogP contribution in [-0.2, 0) is 6.42 Å². The lowest BCUT2D eigenvalue weighted by Crippen LogP contribution is -2.28. The highest BCUT2D eigenvalue weighted by Crippen LogP contribution is 2.31. The molecule has 0 bridgehead atoms. The lowest BCUT2D eigenvalue weighted by atomic mass is 9.95. The second kappa shape index (κ2) is 6.01. The molecule has 0 aromatic carbocycles. The number of aromatic amines is 1. The molecule has 26 heavy (non-hydrogen) atoms. The molecule has 3 heterocycles. The van der Waals surface area contributed by atoms with Crippen molar-refractivity contribution in [2.24, 2.45) is 0 Å². The summed E-state index contributed by atoms with van der Waals surface area (Å²) in [6, 6.07) is -0.141. The zero-order valence-electron chi connectivity index (χ0n) is 14.2. The summed E-state index contributed by atoms with van der Waals surface area (Å²) in [4.78, 5) is 33.8. The molecule has 0 saturated carbocycles. The van der Waals surface area contributed by atoms with Crippen molar-refractivity contribution < 1.29 is 0 Å². The van der Waals surface area contributed by atoms with E-state index in [-0.39, 0.29) is 17.6 Å². The summed E-state index contributed by atoms with van der Waals surface area (Å²) >= 11 is 0. The first-order chi connectivity index (χ1) is 12.8. The Kier molecular flexibility index (Phi) is 3.51. The minimum atomic E-state index is -0.172. The van der Waals surface area contributed by atoms with Gasteiger partial charge in [0.15, 0.2) is 5.65 Å². The van der Waals surface area contributed by atoms with Gasteiger partial charge in [-0.3, -0.25) is 14.5 Å². The van der Waals surface area contributed by atoms with Gasteiger partial charge < -0.3 is 4.98 Å². The average Bonchev–Trinajstić information content (AvgIpc) is 3.03. The van der Waals surface area contributed by atoms with Crippen molar-refractivity contribution in [1.82, 2.24) is 29.5 Å². The van der Waals surface area contributed by atoms with E-state index < -0.39 is 0 Å². The highest BCUT2D eigenvalue weighted by atomic mass is 16.1. The van der Waals surface area contributed by atoms with E-state index in [9.17, 15) is 4.79 Å². The third kappa shape index (κ3) is 2.39. The van der Waals surface area contributed by atoms with Gasteiger partial charge in [0, 0.05) is 18.3 Å². The molecule has 0 fully saturated rings. The van der Waals surface area contributed by atoms with Gasteiger partial charge in [0.2, 0.25) is 0 Å². The van der Waals surface area contributed by atoms with Gasteiger partial charge in [0.1, 0.15) is 11.3 Å². The number of hydrogen-bond donors (Lipinski definition) is 1. The van der Waals surface area contributed by atoms with Gasteiger partial charge in [-0.05, 0) is 25.7 Å². The molecule has 2 aliphatic carbocycles. The number of H-pyrrole nitrogens is 1. The molecule has 5 rings (SSSR count). The second-order valence-electron chi connectivity index (χ2n) is 6.72. The van der Waals surface area contributed by atoms with Crippen LogP contribution in [0.25, 0.3) is 11.2 Å². The molecule has 7 heteroatoms. The minimum Gasteiger partial charge on any atom is -0.303 e. The monoisotopic (exact) mass is 346 g/mol. The number of fused-ring (bicyclic) bond motifs is 2. The average molecular weight is 346 g/mol. The van der Waals surface area contributed by atoms with Crippen LogP contribution in [-0.4, -0.2) is 29.5 Å². The fraction of sp³-hybridized carbons (Fsp3) is 0.316. The van der Waals surface area contributed by atoms with Crippen molar-refractivity contribution in [1.29, 1.82) is 0 Å². The van der Waals surface area contributed by atoms with E-state index in [1.165, 1.54) is 0 Å². The summed E-state index contributed by atoms with van der Waals surface area (Å²) in [7, 11) is 0. The SMILES string of the molecule is O=c1[nH]c2cnc(C3C=CC=CC3)nc2n1[C@@H]1CCCc2nccnc21. The van der Waals surface area contributed by atoms with Crippen LogP contribution in [0.4, 0.5) is 0 Å². The van der Waals surface area contributed by atoms with Crippen molar-refractivity contribution in [2.75, 3.05) is 0 Å². The van der Waals surface area contributed by atoms with Crippen LogP contribution in [0.15, 0.2) is 47.7 Å². The lowest BCUT2D eigenvalue weighted by Gasteiger charge is -2.24. The molecule has 3 aromatic rings. The van der Waals surface area contributed by atoms with Crippen LogP contribution in [0.3, 0.4) is 0 Å². The van der Waals surface area contributed by atoms with Crippen molar-refractivity contribution in [3.8, 4) is 0 Å². The van der Waals surface area contributed by atoms with E-state index in [1.807, 2.05) is 12.2 Å². The number of hydrogen-bond acceptors (Lipinski definition) is 5. The Morgan fingerprint density at radius 3 is 2.96 bits per heavy atom. The summed E-state index contributed by atoms with van der Waals surface area (Å²) in [5.74, 6) is 0.877. The van der Waals surface area contributed by atoms with Gasteiger partial charge in [-0.25, -0.2) is 14.8 Å². The summed E-state index contributed by atoms with van der Waals surface area (Å²) in [6.07, 6.45) is 16.9. The first-order valence-electron chi connectivity index (χ1n) is 8.91. The number of aryl methyl sites for hydroxylation is 1. The molecule has 3 aromatic heterocycles. The Hall–Kier alpha value is -3.09. The van der Waals surface area contributed by atoms with Gasteiger partial charge in [-0.2, -0.15) is 0 Å². The quantitative estimate of drug-likeness (QED) is 0.770.